The van der Waals surface area contributed by atoms with Crippen LogP contribution in [0.4, 0.5) is 4.39 Å². The lowest BCUT2D eigenvalue weighted by molar-refractivity contribution is -0.143. The lowest BCUT2D eigenvalue weighted by Crippen LogP contribution is -2.53. The van der Waals surface area contributed by atoms with Gasteiger partial charge in [0.05, 0.1) is 0 Å². The molecular formula is C29H33FN2O3. The van der Waals surface area contributed by atoms with E-state index in [9.17, 15) is 14.0 Å². The average Bonchev–Trinajstić information content (AvgIpc) is 2.87. The van der Waals surface area contributed by atoms with E-state index in [4.69, 9.17) is 4.74 Å². The van der Waals surface area contributed by atoms with Gasteiger partial charge in [0.25, 0.3) is 5.91 Å². The first-order chi connectivity index (χ1) is 16.9. The highest BCUT2D eigenvalue weighted by Gasteiger charge is 2.31. The monoisotopic (exact) mass is 476 g/mol. The zero-order valence-corrected chi connectivity index (χ0v) is 20.5. The largest absolute Gasteiger partial charge is 0.481 e. The standard InChI is InChI=1S/C29H33FN2O3/c1-4-22(3)31-29(34)26(18-23-10-6-5-7-11-23)32(19-24-16-14-21(2)15-17-24)28(33)20-35-27-13-9-8-12-25(27)30/h5-17,22,26H,4,18-20H2,1-3H3,(H,31,34)/t22-,26+/m0/s1. The molecule has 0 aliphatic heterocycles. The molecule has 35 heavy (non-hydrogen) atoms. The third kappa shape index (κ3) is 7.67. The Kier molecular flexibility index (Phi) is 9.41. The summed E-state index contributed by atoms with van der Waals surface area (Å²) in [6.07, 6.45) is 1.12. The summed E-state index contributed by atoms with van der Waals surface area (Å²) in [5.74, 6) is -1.16. The van der Waals surface area contributed by atoms with Gasteiger partial charge in [0, 0.05) is 19.0 Å². The first-order valence-electron chi connectivity index (χ1n) is 11.9. The molecule has 6 heteroatoms. The van der Waals surface area contributed by atoms with Crippen molar-refractivity contribution in [3.8, 4) is 5.75 Å². The fourth-order valence-corrected chi connectivity index (χ4v) is 3.67. The van der Waals surface area contributed by atoms with Gasteiger partial charge in [0.1, 0.15) is 6.04 Å². The van der Waals surface area contributed by atoms with Crippen molar-refractivity contribution in [2.75, 3.05) is 6.61 Å². The van der Waals surface area contributed by atoms with E-state index in [2.05, 4.69) is 5.32 Å². The minimum atomic E-state index is -0.760. The van der Waals surface area contributed by atoms with Crippen LogP contribution in [0.15, 0.2) is 78.9 Å². The van der Waals surface area contributed by atoms with Crippen molar-refractivity contribution in [3.05, 3.63) is 101 Å². The predicted octanol–water partition coefficient (Wildman–Crippen LogP) is 5.07. The molecule has 1 N–H and O–H groups in total. The molecule has 3 aromatic carbocycles. The Labute approximate surface area is 206 Å². The van der Waals surface area contributed by atoms with Crippen molar-refractivity contribution in [1.82, 2.24) is 10.2 Å². The molecular weight excluding hydrogens is 443 g/mol. The molecule has 0 radical (unpaired) electrons. The highest BCUT2D eigenvalue weighted by molar-refractivity contribution is 5.88. The second-order valence-corrected chi connectivity index (χ2v) is 8.75. The molecule has 0 saturated heterocycles. The molecule has 0 aromatic heterocycles. The van der Waals surface area contributed by atoms with Crippen LogP contribution in [0.2, 0.25) is 0 Å². The number of nitrogens with zero attached hydrogens (tertiary/aromatic N) is 1. The van der Waals surface area contributed by atoms with E-state index < -0.39 is 17.8 Å². The number of hydrogen-bond acceptors (Lipinski definition) is 3. The summed E-state index contributed by atoms with van der Waals surface area (Å²) in [5, 5.41) is 3.03. The number of amides is 2. The zero-order valence-electron chi connectivity index (χ0n) is 20.5. The van der Waals surface area contributed by atoms with E-state index in [1.807, 2.05) is 75.4 Å². The molecule has 0 aliphatic rings. The third-order valence-electron chi connectivity index (χ3n) is 5.93. The maximum absolute atomic E-state index is 14.1. The lowest BCUT2D eigenvalue weighted by atomic mass is 10.0. The highest BCUT2D eigenvalue weighted by Crippen LogP contribution is 2.18. The van der Waals surface area contributed by atoms with Gasteiger partial charge in [-0.05, 0) is 43.5 Å². The summed E-state index contributed by atoms with van der Waals surface area (Å²) in [5.41, 5.74) is 2.93. The number of hydrogen-bond donors (Lipinski definition) is 1. The van der Waals surface area contributed by atoms with Gasteiger partial charge in [-0.1, -0.05) is 79.2 Å². The fraction of sp³-hybridized carbons (Fsp3) is 0.310. The fourth-order valence-electron chi connectivity index (χ4n) is 3.67. The lowest BCUT2D eigenvalue weighted by Gasteiger charge is -2.32. The summed E-state index contributed by atoms with van der Waals surface area (Å²) in [6.45, 7) is 5.77. The van der Waals surface area contributed by atoms with Crippen molar-refractivity contribution >= 4 is 11.8 Å². The van der Waals surface area contributed by atoms with Crippen molar-refractivity contribution in [1.29, 1.82) is 0 Å². The molecule has 3 rings (SSSR count). The molecule has 0 bridgehead atoms. The Balaban J connectivity index is 1.91. The Morgan fingerprint density at radius 2 is 1.60 bits per heavy atom. The molecule has 0 unspecified atom stereocenters. The van der Waals surface area contributed by atoms with Crippen LogP contribution >= 0.6 is 0 Å². The molecule has 184 valence electrons. The van der Waals surface area contributed by atoms with E-state index in [0.29, 0.717) is 6.42 Å². The number of para-hydroxylation sites is 1. The molecule has 0 aliphatic carbocycles. The summed E-state index contributed by atoms with van der Waals surface area (Å²) < 4.78 is 19.6. The summed E-state index contributed by atoms with van der Waals surface area (Å²) in [4.78, 5) is 28.5. The maximum Gasteiger partial charge on any atom is 0.261 e. The molecule has 2 atom stereocenters. The molecule has 5 nitrogen and oxygen atoms in total. The topological polar surface area (TPSA) is 58.6 Å². The quantitative estimate of drug-likeness (QED) is 0.421. The van der Waals surface area contributed by atoms with Gasteiger partial charge >= 0.3 is 0 Å². The number of rotatable bonds is 11. The normalized spacial score (nSPS) is 12.5. The number of benzene rings is 3. The van der Waals surface area contributed by atoms with Gasteiger partial charge in [-0.3, -0.25) is 9.59 Å². The Morgan fingerprint density at radius 3 is 2.26 bits per heavy atom. The minimum absolute atomic E-state index is 0.000183. The van der Waals surface area contributed by atoms with Crippen molar-refractivity contribution in [2.45, 2.75) is 52.2 Å². The highest BCUT2D eigenvalue weighted by atomic mass is 19.1. The van der Waals surface area contributed by atoms with Crippen LogP contribution in [0.5, 0.6) is 5.75 Å². The van der Waals surface area contributed by atoms with Crippen molar-refractivity contribution in [2.24, 2.45) is 0 Å². The van der Waals surface area contributed by atoms with Crippen LogP contribution in [0.3, 0.4) is 0 Å². The number of carbonyl (C=O) groups is 2. The Morgan fingerprint density at radius 1 is 0.943 bits per heavy atom. The average molecular weight is 477 g/mol. The Bertz CT molecular complexity index is 1100. The second kappa shape index (κ2) is 12.7. The van der Waals surface area contributed by atoms with Crippen LogP contribution < -0.4 is 10.1 Å². The molecule has 0 fully saturated rings. The van der Waals surface area contributed by atoms with Gasteiger partial charge < -0.3 is 15.0 Å². The van der Waals surface area contributed by atoms with E-state index in [1.165, 1.54) is 17.0 Å². The SMILES string of the molecule is CC[C@H](C)NC(=O)[C@@H](Cc1ccccc1)N(Cc1ccc(C)cc1)C(=O)COc1ccccc1F. The van der Waals surface area contributed by atoms with E-state index in [-0.39, 0.29) is 30.9 Å². The summed E-state index contributed by atoms with van der Waals surface area (Å²) in [7, 11) is 0. The zero-order chi connectivity index (χ0) is 25.2. The van der Waals surface area contributed by atoms with Gasteiger partial charge in [-0.25, -0.2) is 4.39 Å². The van der Waals surface area contributed by atoms with Crippen LogP contribution in [-0.4, -0.2) is 35.4 Å². The van der Waals surface area contributed by atoms with Gasteiger partial charge in [-0.2, -0.15) is 0 Å². The number of halogens is 1. The first-order valence-corrected chi connectivity index (χ1v) is 11.9. The molecule has 0 spiro atoms. The van der Waals surface area contributed by atoms with Gasteiger partial charge in [-0.15, -0.1) is 0 Å². The molecule has 3 aromatic rings. The maximum atomic E-state index is 14.1. The number of nitrogens with one attached hydrogen (secondary N) is 1. The smallest absolute Gasteiger partial charge is 0.261 e. The van der Waals surface area contributed by atoms with Crippen LogP contribution in [0.25, 0.3) is 0 Å². The summed E-state index contributed by atoms with van der Waals surface area (Å²) >= 11 is 0. The molecule has 2 amide bonds. The first kappa shape index (κ1) is 25.9. The van der Waals surface area contributed by atoms with Gasteiger partial charge in [0.15, 0.2) is 18.2 Å². The number of carbonyl (C=O) groups excluding carboxylic acids is 2. The van der Waals surface area contributed by atoms with Crippen LogP contribution in [0.1, 0.15) is 37.0 Å². The molecule has 0 heterocycles. The number of aryl methyl sites for hydroxylation is 1. The third-order valence-corrected chi connectivity index (χ3v) is 5.93. The predicted molar refractivity (Wildman–Crippen MR) is 135 cm³/mol. The van der Waals surface area contributed by atoms with E-state index in [1.54, 1.807) is 12.1 Å². The number of ether oxygens (including phenoxy) is 1. The minimum Gasteiger partial charge on any atom is -0.481 e. The summed E-state index contributed by atoms with van der Waals surface area (Å²) in [6, 6.07) is 22.6. The van der Waals surface area contributed by atoms with E-state index >= 15 is 0 Å². The van der Waals surface area contributed by atoms with Crippen molar-refractivity contribution in [3.63, 3.8) is 0 Å². The van der Waals surface area contributed by atoms with Crippen LogP contribution in [0, 0.1) is 12.7 Å². The van der Waals surface area contributed by atoms with Crippen LogP contribution in [-0.2, 0) is 22.6 Å². The Hall–Kier alpha value is -3.67. The van der Waals surface area contributed by atoms with E-state index in [0.717, 1.165) is 23.1 Å². The second-order valence-electron chi connectivity index (χ2n) is 8.75. The van der Waals surface area contributed by atoms with Crippen molar-refractivity contribution < 1.29 is 18.7 Å². The molecule has 0 saturated carbocycles. The van der Waals surface area contributed by atoms with Gasteiger partial charge in [0.2, 0.25) is 5.91 Å².